The lowest BCUT2D eigenvalue weighted by Crippen LogP contribution is -2.33. The van der Waals surface area contributed by atoms with Gasteiger partial charge in [0, 0.05) is 11.6 Å². The predicted molar refractivity (Wildman–Crippen MR) is 132 cm³/mol. The highest BCUT2D eigenvalue weighted by Gasteiger charge is 2.44. The van der Waals surface area contributed by atoms with Crippen molar-refractivity contribution in [2.75, 3.05) is 11.9 Å². The molecule has 4 atom stereocenters. The molecule has 6 N–H and O–H groups in total. The highest BCUT2D eigenvalue weighted by atomic mass is 32.2. The number of benzene rings is 1. The number of rotatable bonds is 8. The average Bonchev–Trinajstić information content (AvgIpc) is 3.62. The van der Waals surface area contributed by atoms with Crippen LogP contribution in [0.1, 0.15) is 48.1 Å². The van der Waals surface area contributed by atoms with Gasteiger partial charge in [-0.1, -0.05) is 12.8 Å². The smallest absolute Gasteiger partial charge is 0.294 e. The molecule has 3 heterocycles. The van der Waals surface area contributed by atoms with Crippen molar-refractivity contribution in [1.29, 1.82) is 0 Å². The van der Waals surface area contributed by atoms with Gasteiger partial charge < -0.3 is 30.7 Å². The molecule has 0 radical (unpaired) electrons. The molecule has 0 spiro atoms. The molecule has 0 bridgehead atoms. The van der Waals surface area contributed by atoms with E-state index >= 15 is 0 Å². The summed E-state index contributed by atoms with van der Waals surface area (Å²) in [6.07, 6.45) is 0.856. The molecule has 1 saturated heterocycles. The molecule has 1 aliphatic heterocycles. The zero-order chi connectivity index (χ0) is 27.0. The normalized spacial score (nSPS) is 24.2. The standard InChI is InChI=1S/C23H28N6O8S/c30-10-15-18(31)19(32)23(37-15)29-11-25-17-20(26-13-3-1-2-4-13)27-16(28-21(17)29)9-24-22(33)12-5-7-14(8-6-12)38(34,35)36/h5-8,11,13,15,18-19,23,30-32H,1-4,9-10H2,(H,24,33)(H,26,27,28)(H,34,35,36)/t15-,18-,19-,23?/m1/s1. The van der Waals surface area contributed by atoms with Crippen LogP contribution in [0.15, 0.2) is 35.5 Å². The van der Waals surface area contributed by atoms with Crippen LogP contribution in [0.5, 0.6) is 0 Å². The topological polar surface area (TPSA) is 209 Å². The lowest BCUT2D eigenvalue weighted by molar-refractivity contribution is -0.0511. The van der Waals surface area contributed by atoms with Crippen LogP contribution in [-0.4, -0.2) is 84.7 Å². The number of hydrogen-bond acceptors (Lipinski definition) is 11. The molecule has 2 aromatic heterocycles. The second kappa shape index (κ2) is 10.5. The van der Waals surface area contributed by atoms with Crippen LogP contribution in [0, 0.1) is 0 Å². The molecule has 1 aromatic carbocycles. The fourth-order valence-corrected chi connectivity index (χ4v) is 5.22. The molecular weight excluding hydrogens is 520 g/mol. The lowest BCUT2D eigenvalue weighted by Gasteiger charge is -2.18. The summed E-state index contributed by atoms with van der Waals surface area (Å²) >= 11 is 0. The van der Waals surface area contributed by atoms with E-state index in [4.69, 9.17) is 9.29 Å². The van der Waals surface area contributed by atoms with Crippen LogP contribution in [0.2, 0.25) is 0 Å². The molecule has 3 aromatic rings. The molecule has 38 heavy (non-hydrogen) atoms. The molecule has 204 valence electrons. The first-order valence-electron chi connectivity index (χ1n) is 12.1. The molecule has 15 heteroatoms. The fraction of sp³-hybridized carbons (Fsp3) is 0.478. The zero-order valence-electron chi connectivity index (χ0n) is 20.1. The van der Waals surface area contributed by atoms with Gasteiger partial charge in [-0.15, -0.1) is 0 Å². The van der Waals surface area contributed by atoms with E-state index in [9.17, 15) is 28.5 Å². The first-order valence-corrected chi connectivity index (χ1v) is 13.6. The van der Waals surface area contributed by atoms with Crippen LogP contribution < -0.4 is 10.6 Å². The minimum absolute atomic E-state index is 0.0880. The van der Waals surface area contributed by atoms with Gasteiger partial charge in [0.2, 0.25) is 0 Å². The number of carbonyl (C=O) groups excluding carboxylic acids is 1. The van der Waals surface area contributed by atoms with Crippen molar-refractivity contribution in [3.8, 4) is 0 Å². The van der Waals surface area contributed by atoms with Gasteiger partial charge in [0.1, 0.15) is 18.3 Å². The quantitative estimate of drug-likeness (QED) is 0.205. The van der Waals surface area contributed by atoms with Crippen molar-refractivity contribution in [1.82, 2.24) is 24.8 Å². The third-order valence-electron chi connectivity index (χ3n) is 6.78. The second-order valence-corrected chi connectivity index (χ2v) is 10.8. The Bertz CT molecular complexity index is 1420. The first-order chi connectivity index (χ1) is 18.2. The summed E-state index contributed by atoms with van der Waals surface area (Å²) in [4.78, 5) is 25.8. The van der Waals surface area contributed by atoms with Gasteiger partial charge in [0.25, 0.3) is 16.0 Å². The Balaban J connectivity index is 1.42. The highest BCUT2D eigenvalue weighted by molar-refractivity contribution is 7.85. The summed E-state index contributed by atoms with van der Waals surface area (Å²) in [5.74, 6) is 0.168. The van der Waals surface area contributed by atoms with Crippen molar-refractivity contribution in [2.24, 2.45) is 0 Å². The summed E-state index contributed by atoms with van der Waals surface area (Å²) < 4.78 is 38.7. The largest absolute Gasteiger partial charge is 0.394 e. The first kappa shape index (κ1) is 26.4. The van der Waals surface area contributed by atoms with Crippen LogP contribution >= 0.6 is 0 Å². The van der Waals surface area contributed by atoms with Gasteiger partial charge >= 0.3 is 0 Å². The molecule has 1 unspecified atom stereocenters. The number of nitrogens with one attached hydrogen (secondary N) is 2. The van der Waals surface area contributed by atoms with Gasteiger partial charge in [0.15, 0.2) is 29.0 Å². The fourth-order valence-electron chi connectivity index (χ4n) is 4.74. The molecular formula is C23H28N6O8S. The molecule has 1 saturated carbocycles. The summed E-state index contributed by atoms with van der Waals surface area (Å²) in [5.41, 5.74) is 0.891. The number of fused-ring (bicyclic) bond motifs is 1. The van der Waals surface area contributed by atoms with Crippen LogP contribution in [0.25, 0.3) is 11.2 Å². The van der Waals surface area contributed by atoms with E-state index in [1.54, 1.807) is 0 Å². The highest BCUT2D eigenvalue weighted by Crippen LogP contribution is 2.33. The number of aliphatic hydroxyl groups is 3. The summed E-state index contributed by atoms with van der Waals surface area (Å²) in [6, 6.07) is 4.97. The molecule has 2 aliphatic rings. The Hall–Kier alpha value is -3.21. The van der Waals surface area contributed by atoms with Crippen molar-refractivity contribution in [3.05, 3.63) is 42.0 Å². The Morgan fingerprint density at radius 1 is 1.11 bits per heavy atom. The van der Waals surface area contributed by atoms with E-state index in [-0.39, 0.29) is 28.9 Å². The number of nitrogens with zero attached hydrogens (tertiary/aromatic N) is 4. The average molecular weight is 549 g/mol. The number of amides is 1. The Kier molecular flexibility index (Phi) is 7.30. The number of hydrogen-bond donors (Lipinski definition) is 6. The monoisotopic (exact) mass is 548 g/mol. The van der Waals surface area contributed by atoms with Crippen LogP contribution in [0.4, 0.5) is 5.82 Å². The van der Waals surface area contributed by atoms with Crippen LogP contribution in [-0.2, 0) is 21.4 Å². The summed E-state index contributed by atoms with van der Waals surface area (Å²) in [5, 5.41) is 36.3. The number of aliphatic hydroxyl groups excluding tert-OH is 3. The second-order valence-electron chi connectivity index (χ2n) is 9.35. The van der Waals surface area contributed by atoms with E-state index in [1.165, 1.54) is 23.0 Å². The molecule has 1 amide bonds. The lowest BCUT2D eigenvalue weighted by atomic mass is 10.1. The van der Waals surface area contributed by atoms with Gasteiger partial charge in [-0.2, -0.15) is 8.42 Å². The third kappa shape index (κ3) is 5.21. The Morgan fingerprint density at radius 3 is 2.45 bits per heavy atom. The van der Waals surface area contributed by atoms with Crippen molar-refractivity contribution < 1.29 is 37.8 Å². The number of ether oxygens (including phenoxy) is 1. The number of carbonyl (C=O) groups is 1. The van der Waals surface area contributed by atoms with E-state index in [0.29, 0.717) is 17.0 Å². The molecule has 2 fully saturated rings. The van der Waals surface area contributed by atoms with E-state index in [1.807, 2.05) is 0 Å². The van der Waals surface area contributed by atoms with Gasteiger partial charge in [-0.05, 0) is 37.1 Å². The Morgan fingerprint density at radius 2 is 1.82 bits per heavy atom. The molecule has 14 nitrogen and oxygen atoms in total. The van der Waals surface area contributed by atoms with Crippen LogP contribution in [0.3, 0.4) is 0 Å². The number of anilines is 1. The number of aromatic nitrogens is 4. The maximum atomic E-state index is 12.7. The maximum absolute atomic E-state index is 12.7. The zero-order valence-corrected chi connectivity index (χ0v) is 21.0. The Labute approximate surface area is 217 Å². The minimum Gasteiger partial charge on any atom is -0.394 e. The predicted octanol–water partition coefficient (Wildman–Crippen LogP) is -0.0310. The van der Waals surface area contributed by atoms with E-state index < -0.39 is 47.2 Å². The molecule has 1 aliphatic carbocycles. The maximum Gasteiger partial charge on any atom is 0.294 e. The third-order valence-corrected chi connectivity index (χ3v) is 7.64. The van der Waals surface area contributed by atoms with Gasteiger partial charge in [-0.25, -0.2) is 15.0 Å². The summed E-state index contributed by atoms with van der Waals surface area (Å²) in [7, 11) is -4.38. The van der Waals surface area contributed by atoms with Crippen molar-refractivity contribution in [2.45, 2.75) is 67.7 Å². The van der Waals surface area contributed by atoms with E-state index in [2.05, 4.69) is 25.6 Å². The van der Waals surface area contributed by atoms with Crippen molar-refractivity contribution in [3.63, 3.8) is 0 Å². The SMILES string of the molecule is O=C(NCc1nc(NC2CCCC2)c2ncn(C3O[C@H](CO)[C@@H](O)[C@H]3O)c2n1)c1ccc(S(=O)(=O)O)cc1. The van der Waals surface area contributed by atoms with Gasteiger partial charge in [0.05, 0.1) is 24.4 Å². The van der Waals surface area contributed by atoms with Gasteiger partial charge in [-0.3, -0.25) is 13.9 Å². The van der Waals surface area contributed by atoms with Crippen molar-refractivity contribution >= 4 is 33.0 Å². The summed E-state index contributed by atoms with van der Waals surface area (Å²) in [6.45, 7) is -0.567. The van der Waals surface area contributed by atoms with E-state index in [0.717, 1.165) is 37.8 Å². The minimum atomic E-state index is -4.38. The molecule has 5 rings (SSSR count). The number of imidazole rings is 1.